The molecule has 1 aliphatic carbocycles. The van der Waals surface area contributed by atoms with Crippen LogP contribution in [0.5, 0.6) is 0 Å². The Bertz CT molecular complexity index is 931. The molecule has 0 atom stereocenters. The topological polar surface area (TPSA) is 37.8 Å². The van der Waals surface area contributed by atoms with E-state index in [9.17, 15) is 13.2 Å². The largest absolute Gasteiger partial charge is 0.416 e. The first-order valence-corrected chi connectivity index (χ1v) is 8.46. The number of halogens is 3. The van der Waals surface area contributed by atoms with Crippen LogP contribution in [0.2, 0.25) is 0 Å². The van der Waals surface area contributed by atoms with Crippen LogP contribution in [0.25, 0.3) is 10.2 Å². The van der Waals surface area contributed by atoms with Gasteiger partial charge in [0.25, 0.3) is 0 Å². The minimum Gasteiger partial charge on any atom is -0.340 e. The summed E-state index contributed by atoms with van der Waals surface area (Å²) in [5, 5.41) is 4.03. The molecule has 0 bridgehead atoms. The smallest absolute Gasteiger partial charge is 0.340 e. The highest BCUT2D eigenvalue weighted by atomic mass is 32.1. The van der Waals surface area contributed by atoms with E-state index in [0.29, 0.717) is 17.3 Å². The second-order valence-electron chi connectivity index (χ2n) is 5.86. The summed E-state index contributed by atoms with van der Waals surface area (Å²) in [5.74, 6) is 1.20. The summed E-state index contributed by atoms with van der Waals surface area (Å²) in [6.07, 6.45) is -1.25. The predicted octanol–water partition coefficient (Wildman–Crippen LogP) is 5.25. The van der Waals surface area contributed by atoms with Crippen molar-refractivity contribution in [3.8, 4) is 0 Å². The summed E-state index contributed by atoms with van der Waals surface area (Å²) in [5.41, 5.74) is 0.941. The van der Waals surface area contributed by atoms with Crippen molar-refractivity contribution in [1.82, 2.24) is 9.97 Å². The molecule has 7 heteroatoms. The van der Waals surface area contributed by atoms with E-state index in [1.165, 1.54) is 16.5 Å². The van der Waals surface area contributed by atoms with Crippen molar-refractivity contribution < 1.29 is 13.2 Å². The number of fused-ring (bicyclic) bond motifs is 3. The Hall–Kier alpha value is -2.15. The van der Waals surface area contributed by atoms with Gasteiger partial charge in [-0.25, -0.2) is 9.97 Å². The van der Waals surface area contributed by atoms with Crippen LogP contribution in [-0.4, -0.2) is 9.97 Å². The van der Waals surface area contributed by atoms with Gasteiger partial charge in [-0.2, -0.15) is 13.2 Å². The van der Waals surface area contributed by atoms with Crippen molar-refractivity contribution in [2.45, 2.75) is 32.4 Å². The zero-order valence-electron chi connectivity index (χ0n) is 12.9. The number of nitrogens with one attached hydrogen (secondary N) is 1. The molecule has 0 saturated carbocycles. The molecule has 0 amide bonds. The third-order valence-electron chi connectivity index (χ3n) is 4.13. The normalized spacial score (nSPS) is 14.2. The lowest BCUT2D eigenvalue weighted by Crippen LogP contribution is -2.05. The van der Waals surface area contributed by atoms with E-state index in [1.807, 2.05) is 0 Å². The first kappa shape index (κ1) is 15.4. The van der Waals surface area contributed by atoms with Gasteiger partial charge in [0.2, 0.25) is 0 Å². The van der Waals surface area contributed by atoms with Gasteiger partial charge >= 0.3 is 6.18 Å². The van der Waals surface area contributed by atoms with E-state index in [0.717, 1.165) is 41.6 Å². The van der Waals surface area contributed by atoms with Gasteiger partial charge in [0.1, 0.15) is 16.5 Å². The fraction of sp³-hybridized carbons (Fsp3) is 0.294. The molecule has 4 rings (SSSR count). The molecule has 3 aromatic rings. The first-order valence-electron chi connectivity index (χ1n) is 7.65. The van der Waals surface area contributed by atoms with E-state index < -0.39 is 11.7 Å². The Morgan fingerprint density at radius 3 is 2.79 bits per heavy atom. The SMILES string of the molecule is Cc1nc(Nc2cccc(C(F)(F)F)c2)c2c3c(sc2n1)CCC3. The third-order valence-corrected chi connectivity index (χ3v) is 5.31. The van der Waals surface area contributed by atoms with Crippen molar-refractivity contribution in [2.24, 2.45) is 0 Å². The molecule has 124 valence electrons. The summed E-state index contributed by atoms with van der Waals surface area (Å²) in [6.45, 7) is 1.79. The molecular formula is C17H14F3N3S. The molecule has 2 aromatic heterocycles. The molecule has 24 heavy (non-hydrogen) atoms. The Balaban J connectivity index is 1.80. The highest BCUT2D eigenvalue weighted by molar-refractivity contribution is 7.19. The number of alkyl halides is 3. The minimum atomic E-state index is -4.36. The van der Waals surface area contributed by atoms with E-state index in [2.05, 4.69) is 15.3 Å². The Kier molecular flexibility index (Phi) is 3.49. The second-order valence-corrected chi connectivity index (χ2v) is 6.94. The number of aryl methyl sites for hydroxylation is 3. The number of nitrogens with zero attached hydrogens (tertiary/aromatic N) is 2. The van der Waals surface area contributed by atoms with Crippen LogP contribution in [0.1, 0.15) is 28.2 Å². The molecular weight excluding hydrogens is 335 g/mol. The van der Waals surface area contributed by atoms with Crippen molar-refractivity contribution in [2.75, 3.05) is 5.32 Å². The number of hydrogen-bond acceptors (Lipinski definition) is 4. The Morgan fingerprint density at radius 1 is 1.17 bits per heavy atom. The minimum absolute atomic E-state index is 0.377. The van der Waals surface area contributed by atoms with Crippen LogP contribution in [-0.2, 0) is 19.0 Å². The van der Waals surface area contributed by atoms with Gasteiger partial charge in [-0.05, 0) is 49.9 Å². The van der Waals surface area contributed by atoms with Crippen molar-refractivity contribution in [3.05, 3.63) is 46.1 Å². The third kappa shape index (κ3) is 2.62. The molecule has 1 aromatic carbocycles. The zero-order chi connectivity index (χ0) is 16.9. The number of aromatic nitrogens is 2. The lowest BCUT2D eigenvalue weighted by molar-refractivity contribution is -0.137. The second kappa shape index (κ2) is 5.44. The maximum Gasteiger partial charge on any atom is 0.416 e. The van der Waals surface area contributed by atoms with Gasteiger partial charge in [-0.1, -0.05) is 6.07 Å². The van der Waals surface area contributed by atoms with Crippen LogP contribution < -0.4 is 5.32 Å². The molecule has 1 aliphatic rings. The summed E-state index contributed by atoms with van der Waals surface area (Å²) in [7, 11) is 0. The molecule has 1 N–H and O–H groups in total. The van der Waals surface area contributed by atoms with Gasteiger partial charge in [0.15, 0.2) is 0 Å². The number of rotatable bonds is 2. The van der Waals surface area contributed by atoms with E-state index in [1.54, 1.807) is 24.3 Å². The summed E-state index contributed by atoms with van der Waals surface area (Å²) in [4.78, 5) is 11.1. The average Bonchev–Trinajstić information content (AvgIpc) is 3.06. The maximum absolute atomic E-state index is 12.9. The van der Waals surface area contributed by atoms with Crippen LogP contribution >= 0.6 is 11.3 Å². The van der Waals surface area contributed by atoms with Gasteiger partial charge in [0.05, 0.1) is 10.9 Å². The zero-order valence-corrected chi connectivity index (χ0v) is 13.7. The predicted molar refractivity (Wildman–Crippen MR) is 88.9 cm³/mol. The maximum atomic E-state index is 12.9. The molecule has 0 saturated heterocycles. The van der Waals surface area contributed by atoms with Crippen LogP contribution in [0.3, 0.4) is 0 Å². The number of benzene rings is 1. The number of anilines is 2. The number of thiophene rings is 1. The van der Waals surface area contributed by atoms with Crippen LogP contribution in [0, 0.1) is 6.92 Å². The highest BCUT2D eigenvalue weighted by Gasteiger charge is 2.30. The molecule has 2 heterocycles. The van der Waals surface area contributed by atoms with Crippen molar-refractivity contribution in [1.29, 1.82) is 0 Å². The summed E-state index contributed by atoms with van der Waals surface area (Å²) >= 11 is 1.66. The molecule has 0 unspecified atom stereocenters. The van der Waals surface area contributed by atoms with Gasteiger partial charge in [0, 0.05) is 10.6 Å². The van der Waals surface area contributed by atoms with Crippen LogP contribution in [0.4, 0.5) is 24.7 Å². The summed E-state index contributed by atoms with van der Waals surface area (Å²) in [6, 6.07) is 5.18. The number of hydrogen-bond donors (Lipinski definition) is 1. The fourth-order valence-electron chi connectivity index (χ4n) is 3.10. The quantitative estimate of drug-likeness (QED) is 0.686. The van der Waals surface area contributed by atoms with Gasteiger partial charge in [-0.3, -0.25) is 0 Å². The lowest BCUT2D eigenvalue weighted by atomic mass is 10.1. The monoisotopic (exact) mass is 349 g/mol. The van der Waals surface area contributed by atoms with Gasteiger partial charge in [-0.15, -0.1) is 11.3 Å². The first-order chi connectivity index (χ1) is 11.4. The van der Waals surface area contributed by atoms with Crippen molar-refractivity contribution >= 4 is 33.1 Å². The Morgan fingerprint density at radius 2 is 2.00 bits per heavy atom. The summed E-state index contributed by atoms with van der Waals surface area (Å²) < 4.78 is 38.7. The average molecular weight is 349 g/mol. The molecule has 0 aliphatic heterocycles. The van der Waals surface area contributed by atoms with E-state index in [-0.39, 0.29) is 0 Å². The molecule has 0 spiro atoms. The fourth-order valence-corrected chi connectivity index (χ4v) is 4.41. The van der Waals surface area contributed by atoms with Crippen LogP contribution in [0.15, 0.2) is 24.3 Å². The molecule has 0 fully saturated rings. The lowest BCUT2D eigenvalue weighted by Gasteiger charge is -2.12. The van der Waals surface area contributed by atoms with Gasteiger partial charge < -0.3 is 5.32 Å². The van der Waals surface area contributed by atoms with E-state index >= 15 is 0 Å². The van der Waals surface area contributed by atoms with Crippen molar-refractivity contribution in [3.63, 3.8) is 0 Å². The molecule has 3 nitrogen and oxygen atoms in total. The highest BCUT2D eigenvalue weighted by Crippen LogP contribution is 2.40. The molecule has 0 radical (unpaired) electrons. The Labute approximate surface area is 140 Å². The van der Waals surface area contributed by atoms with E-state index in [4.69, 9.17) is 0 Å². The standard InChI is InChI=1S/C17H14F3N3S/c1-9-21-15(14-12-6-3-7-13(12)24-16(14)22-9)23-11-5-2-4-10(8-11)17(18,19)20/h2,4-5,8H,3,6-7H2,1H3,(H,21,22,23).